The van der Waals surface area contributed by atoms with E-state index in [-0.39, 0.29) is 18.6 Å². The van der Waals surface area contributed by atoms with Gasteiger partial charge in [-0.05, 0) is 38.8 Å². The van der Waals surface area contributed by atoms with E-state index in [9.17, 15) is 4.79 Å². The van der Waals surface area contributed by atoms with Crippen molar-refractivity contribution in [3.05, 3.63) is 41.0 Å². The fraction of sp³-hybridized carbons (Fsp3) is 0.400. The normalized spacial score (nSPS) is 12.7. The van der Waals surface area contributed by atoms with Crippen LogP contribution in [0.4, 0.5) is 0 Å². The molecule has 2 N–H and O–H groups in total. The average Bonchev–Trinajstić information content (AvgIpc) is 2.25. The van der Waals surface area contributed by atoms with E-state index in [2.05, 4.69) is 11.4 Å². The predicted molar refractivity (Wildman–Crippen MR) is 74.3 cm³/mol. The van der Waals surface area contributed by atoms with E-state index in [0.717, 1.165) is 5.56 Å². The van der Waals surface area contributed by atoms with Gasteiger partial charge in [0.25, 0.3) is 0 Å². The van der Waals surface area contributed by atoms with Crippen LogP contribution < -0.4 is 5.32 Å². The Morgan fingerprint density at radius 2 is 1.94 bits per heavy atom. The zero-order valence-electron chi connectivity index (χ0n) is 11.2. The van der Waals surface area contributed by atoms with Crippen LogP contribution in [0.5, 0.6) is 0 Å². The van der Waals surface area contributed by atoms with Gasteiger partial charge in [0, 0.05) is 18.7 Å². The Hall–Kier alpha value is -1.61. The highest BCUT2D eigenvalue weighted by molar-refractivity contribution is 5.91. The summed E-state index contributed by atoms with van der Waals surface area (Å²) in [6.07, 6.45) is 3.91. The lowest BCUT2D eigenvalue weighted by Gasteiger charge is -2.09. The van der Waals surface area contributed by atoms with Crippen molar-refractivity contribution >= 4 is 12.0 Å². The summed E-state index contributed by atoms with van der Waals surface area (Å²) in [7, 11) is 0. The quantitative estimate of drug-likeness (QED) is 0.784. The molecule has 0 bridgehead atoms. The van der Waals surface area contributed by atoms with Crippen molar-refractivity contribution in [2.75, 3.05) is 6.61 Å². The third kappa shape index (κ3) is 5.15. The Balaban J connectivity index is 2.60. The Morgan fingerprint density at radius 3 is 2.50 bits per heavy atom. The molecule has 3 nitrogen and oxygen atoms in total. The first-order valence-electron chi connectivity index (χ1n) is 6.19. The van der Waals surface area contributed by atoms with Crippen LogP contribution >= 0.6 is 0 Å². The number of hydrogen-bond donors (Lipinski definition) is 2. The topological polar surface area (TPSA) is 49.3 Å². The number of nitrogens with one attached hydrogen (secondary N) is 1. The molecule has 0 aliphatic carbocycles. The molecule has 98 valence electrons. The van der Waals surface area contributed by atoms with Gasteiger partial charge in [0.05, 0.1) is 0 Å². The summed E-state index contributed by atoms with van der Waals surface area (Å²) in [5.74, 6) is -0.130. The van der Waals surface area contributed by atoms with Crippen molar-refractivity contribution < 1.29 is 9.90 Å². The molecule has 0 aliphatic heterocycles. The summed E-state index contributed by atoms with van der Waals surface area (Å²) in [5, 5.41) is 11.5. The van der Waals surface area contributed by atoms with Crippen LogP contribution in [0.15, 0.2) is 24.3 Å². The molecular weight excluding hydrogens is 226 g/mol. The second-order valence-electron chi connectivity index (χ2n) is 4.68. The lowest BCUT2D eigenvalue weighted by atomic mass is 10.1. The van der Waals surface area contributed by atoms with Crippen molar-refractivity contribution in [3.8, 4) is 0 Å². The number of carbonyl (C=O) groups is 1. The van der Waals surface area contributed by atoms with Crippen molar-refractivity contribution in [1.29, 1.82) is 0 Å². The van der Waals surface area contributed by atoms with Gasteiger partial charge in [0.2, 0.25) is 5.91 Å². The first-order chi connectivity index (χ1) is 8.51. The molecule has 0 spiro atoms. The van der Waals surface area contributed by atoms with Gasteiger partial charge in [0.1, 0.15) is 0 Å². The molecule has 0 fully saturated rings. The van der Waals surface area contributed by atoms with Crippen molar-refractivity contribution in [3.63, 3.8) is 0 Å². The van der Waals surface area contributed by atoms with Crippen LogP contribution in [0, 0.1) is 13.8 Å². The van der Waals surface area contributed by atoms with Crippen LogP contribution in [0.2, 0.25) is 0 Å². The van der Waals surface area contributed by atoms with Crippen LogP contribution in [0.1, 0.15) is 30.0 Å². The molecular formula is C15H21NO2. The SMILES string of the molecule is Cc1cc(C)cc(/C=C/C(=O)NC(C)CCO)c1. The summed E-state index contributed by atoms with van der Waals surface area (Å²) < 4.78 is 0. The third-order valence-electron chi connectivity index (χ3n) is 2.62. The van der Waals surface area contributed by atoms with Gasteiger partial charge in [-0.2, -0.15) is 0 Å². The highest BCUT2D eigenvalue weighted by atomic mass is 16.3. The van der Waals surface area contributed by atoms with Gasteiger partial charge in [0.15, 0.2) is 0 Å². The van der Waals surface area contributed by atoms with Gasteiger partial charge in [-0.15, -0.1) is 0 Å². The molecule has 1 aromatic rings. The van der Waals surface area contributed by atoms with E-state index in [1.807, 2.05) is 32.9 Å². The molecule has 0 aromatic heterocycles. The van der Waals surface area contributed by atoms with Crippen molar-refractivity contribution in [1.82, 2.24) is 5.32 Å². The van der Waals surface area contributed by atoms with Gasteiger partial charge in [-0.3, -0.25) is 4.79 Å². The smallest absolute Gasteiger partial charge is 0.244 e. The number of rotatable bonds is 5. The molecule has 1 atom stereocenters. The molecule has 1 unspecified atom stereocenters. The number of aliphatic hydroxyl groups is 1. The molecule has 0 saturated carbocycles. The maximum atomic E-state index is 11.6. The maximum absolute atomic E-state index is 11.6. The largest absolute Gasteiger partial charge is 0.396 e. The van der Waals surface area contributed by atoms with E-state index in [1.54, 1.807) is 6.08 Å². The first kappa shape index (κ1) is 14.5. The zero-order valence-corrected chi connectivity index (χ0v) is 11.2. The van der Waals surface area contributed by atoms with Crippen LogP contribution in [-0.2, 0) is 4.79 Å². The van der Waals surface area contributed by atoms with Crippen LogP contribution in [0.3, 0.4) is 0 Å². The zero-order chi connectivity index (χ0) is 13.5. The van der Waals surface area contributed by atoms with Gasteiger partial charge >= 0.3 is 0 Å². The molecule has 0 heterocycles. The average molecular weight is 247 g/mol. The number of aryl methyl sites for hydroxylation is 2. The standard InChI is InChI=1S/C15H21NO2/c1-11-8-12(2)10-14(9-11)4-5-15(18)16-13(3)6-7-17/h4-5,8-10,13,17H,6-7H2,1-3H3,(H,16,18)/b5-4+. The van der Waals surface area contributed by atoms with Gasteiger partial charge < -0.3 is 10.4 Å². The highest BCUT2D eigenvalue weighted by Gasteiger charge is 2.03. The lowest BCUT2D eigenvalue weighted by molar-refractivity contribution is -0.117. The minimum absolute atomic E-state index is 0.00797. The van der Waals surface area contributed by atoms with Crippen LogP contribution in [0.25, 0.3) is 6.08 Å². The van der Waals surface area contributed by atoms with E-state index in [4.69, 9.17) is 5.11 Å². The predicted octanol–water partition coefficient (Wildman–Crippen LogP) is 2.20. The molecule has 1 amide bonds. The summed E-state index contributed by atoms with van der Waals surface area (Å²) in [4.78, 5) is 11.6. The maximum Gasteiger partial charge on any atom is 0.244 e. The monoisotopic (exact) mass is 247 g/mol. The highest BCUT2D eigenvalue weighted by Crippen LogP contribution is 2.10. The number of benzene rings is 1. The molecule has 18 heavy (non-hydrogen) atoms. The third-order valence-corrected chi connectivity index (χ3v) is 2.62. The van der Waals surface area contributed by atoms with E-state index < -0.39 is 0 Å². The summed E-state index contributed by atoms with van der Waals surface area (Å²) >= 11 is 0. The summed E-state index contributed by atoms with van der Waals surface area (Å²) in [6.45, 7) is 6.03. The molecule has 0 radical (unpaired) electrons. The first-order valence-corrected chi connectivity index (χ1v) is 6.19. The number of carbonyl (C=O) groups excluding carboxylic acids is 1. The van der Waals surface area contributed by atoms with Crippen LogP contribution in [-0.4, -0.2) is 23.7 Å². The number of hydrogen-bond acceptors (Lipinski definition) is 2. The lowest BCUT2D eigenvalue weighted by Crippen LogP contribution is -2.31. The Labute approximate surface area is 109 Å². The summed E-state index contributed by atoms with van der Waals surface area (Å²) in [5.41, 5.74) is 3.39. The number of aliphatic hydroxyl groups excluding tert-OH is 1. The molecule has 3 heteroatoms. The van der Waals surface area contributed by atoms with Gasteiger partial charge in [-0.25, -0.2) is 0 Å². The van der Waals surface area contributed by atoms with Crippen molar-refractivity contribution in [2.24, 2.45) is 0 Å². The Bertz CT molecular complexity index is 418. The molecule has 0 aliphatic rings. The Kier molecular flexibility index (Phi) is 5.59. The second kappa shape index (κ2) is 6.97. The van der Waals surface area contributed by atoms with Crippen molar-refractivity contribution in [2.45, 2.75) is 33.2 Å². The minimum atomic E-state index is -0.130. The fourth-order valence-electron chi connectivity index (χ4n) is 1.83. The fourth-order valence-corrected chi connectivity index (χ4v) is 1.83. The van der Waals surface area contributed by atoms with E-state index in [1.165, 1.54) is 17.2 Å². The summed E-state index contributed by atoms with van der Waals surface area (Å²) in [6, 6.07) is 6.16. The van der Waals surface area contributed by atoms with Gasteiger partial charge in [-0.1, -0.05) is 29.3 Å². The molecule has 0 saturated heterocycles. The minimum Gasteiger partial charge on any atom is -0.396 e. The Morgan fingerprint density at radius 1 is 1.33 bits per heavy atom. The van der Waals surface area contributed by atoms with E-state index in [0.29, 0.717) is 6.42 Å². The van der Waals surface area contributed by atoms with E-state index >= 15 is 0 Å². The number of amides is 1. The second-order valence-corrected chi connectivity index (χ2v) is 4.68. The molecule has 1 rings (SSSR count). The molecule has 1 aromatic carbocycles.